The van der Waals surface area contributed by atoms with Crippen LogP contribution in [0, 0.1) is 0 Å². The van der Waals surface area contributed by atoms with Crippen LogP contribution in [-0.4, -0.2) is 6.47 Å². The van der Waals surface area contributed by atoms with E-state index < -0.39 is 0 Å². The van der Waals surface area contributed by atoms with Gasteiger partial charge in [-0.15, -0.1) is 0 Å². The highest BCUT2D eigenvalue weighted by Gasteiger charge is 1.89. The van der Waals surface area contributed by atoms with Crippen molar-refractivity contribution in [2.45, 2.75) is 6.61 Å². The molecule has 3 heteroatoms. The molecule has 0 aromatic heterocycles. The normalized spacial score (nSPS) is 9.09. The average molecular weight is 152 g/mol. The molecule has 0 spiro atoms. The molecule has 0 bridgehead atoms. The predicted octanol–water partition coefficient (Wildman–Crippen LogP) is 1.29. The summed E-state index contributed by atoms with van der Waals surface area (Å²) in [4.78, 5) is 18.2. The van der Waals surface area contributed by atoms with E-state index in [4.69, 9.17) is 0 Å². The number of carbonyl (C=O) groups is 1. The van der Waals surface area contributed by atoms with Gasteiger partial charge in [0.05, 0.1) is 0 Å². The zero-order valence-electron chi connectivity index (χ0n) is 5.90. The first-order valence-corrected chi connectivity index (χ1v) is 3.19. The van der Waals surface area contributed by atoms with Crippen molar-refractivity contribution >= 4 is 6.47 Å². The zero-order chi connectivity index (χ0) is 7.94. The summed E-state index contributed by atoms with van der Waals surface area (Å²) in [7, 11) is 0. The Labute approximate surface area is 64.5 Å². The van der Waals surface area contributed by atoms with Gasteiger partial charge in [0.25, 0.3) is 0 Å². The van der Waals surface area contributed by atoms with Crippen molar-refractivity contribution in [1.29, 1.82) is 0 Å². The Balaban J connectivity index is 2.33. The maximum atomic E-state index is 9.65. The van der Waals surface area contributed by atoms with E-state index in [2.05, 4.69) is 9.78 Å². The van der Waals surface area contributed by atoms with Gasteiger partial charge in [-0.2, -0.15) is 4.89 Å². The van der Waals surface area contributed by atoms with Crippen molar-refractivity contribution in [1.82, 2.24) is 0 Å². The van der Waals surface area contributed by atoms with Gasteiger partial charge in [0.1, 0.15) is 6.61 Å². The molecular weight excluding hydrogens is 144 g/mol. The second kappa shape index (κ2) is 4.46. The van der Waals surface area contributed by atoms with Gasteiger partial charge in [0, 0.05) is 0 Å². The molecule has 0 N–H and O–H groups in total. The van der Waals surface area contributed by atoms with Crippen LogP contribution in [0.25, 0.3) is 0 Å². The van der Waals surface area contributed by atoms with Gasteiger partial charge in [0.15, 0.2) is 0 Å². The molecule has 0 fully saturated rings. The predicted molar refractivity (Wildman–Crippen MR) is 38.4 cm³/mol. The summed E-state index contributed by atoms with van der Waals surface area (Å²) < 4.78 is 0. The molecule has 1 rings (SSSR count). The molecule has 0 atom stereocenters. The van der Waals surface area contributed by atoms with Gasteiger partial charge >= 0.3 is 6.47 Å². The zero-order valence-corrected chi connectivity index (χ0v) is 5.90. The van der Waals surface area contributed by atoms with Crippen molar-refractivity contribution in [2.24, 2.45) is 0 Å². The SMILES string of the molecule is O=COOCc1ccccc1. The standard InChI is InChI=1S/C8H8O3/c9-7-11-10-6-8-4-2-1-3-5-8/h1-5,7H,6H2. The topological polar surface area (TPSA) is 35.5 Å². The second-order valence-corrected chi connectivity index (χ2v) is 1.94. The highest BCUT2D eigenvalue weighted by Crippen LogP contribution is 1.99. The monoisotopic (exact) mass is 152 g/mol. The third-order valence-corrected chi connectivity index (χ3v) is 1.18. The van der Waals surface area contributed by atoms with Crippen LogP contribution in [0.5, 0.6) is 0 Å². The Kier molecular flexibility index (Phi) is 3.15. The van der Waals surface area contributed by atoms with Crippen LogP contribution in [-0.2, 0) is 21.2 Å². The minimum atomic E-state index is 0.253. The van der Waals surface area contributed by atoms with E-state index in [1.165, 1.54) is 0 Å². The molecule has 0 heterocycles. The highest BCUT2D eigenvalue weighted by atomic mass is 17.2. The Morgan fingerprint density at radius 2 is 2.00 bits per heavy atom. The summed E-state index contributed by atoms with van der Waals surface area (Å²) >= 11 is 0. The third-order valence-electron chi connectivity index (χ3n) is 1.18. The van der Waals surface area contributed by atoms with Gasteiger partial charge in [-0.25, -0.2) is 0 Å². The molecule has 0 aliphatic rings. The maximum absolute atomic E-state index is 9.65. The summed E-state index contributed by atoms with van der Waals surface area (Å²) in [6.45, 7) is 0.544. The van der Waals surface area contributed by atoms with E-state index in [1.807, 2.05) is 30.3 Å². The van der Waals surface area contributed by atoms with Gasteiger partial charge in [-0.1, -0.05) is 30.3 Å². The number of benzene rings is 1. The summed E-state index contributed by atoms with van der Waals surface area (Å²) in [5, 5.41) is 0. The largest absolute Gasteiger partial charge is 0.330 e. The first-order chi connectivity index (χ1) is 5.43. The summed E-state index contributed by atoms with van der Waals surface area (Å²) in [6.07, 6.45) is 0. The second-order valence-electron chi connectivity index (χ2n) is 1.94. The van der Waals surface area contributed by atoms with Crippen LogP contribution in [0.3, 0.4) is 0 Å². The Morgan fingerprint density at radius 3 is 2.64 bits per heavy atom. The van der Waals surface area contributed by atoms with Crippen LogP contribution < -0.4 is 0 Å². The van der Waals surface area contributed by atoms with Gasteiger partial charge in [-0.05, 0) is 5.56 Å². The fourth-order valence-electron chi connectivity index (χ4n) is 0.704. The van der Waals surface area contributed by atoms with E-state index in [1.54, 1.807) is 0 Å². The van der Waals surface area contributed by atoms with E-state index >= 15 is 0 Å². The number of hydrogen-bond donors (Lipinski definition) is 0. The Hall–Kier alpha value is -1.35. The molecule has 1 aromatic rings. The molecule has 58 valence electrons. The minimum absolute atomic E-state index is 0.253. The molecule has 1 aromatic carbocycles. The molecule has 0 aliphatic carbocycles. The van der Waals surface area contributed by atoms with Crippen molar-refractivity contribution < 1.29 is 14.6 Å². The van der Waals surface area contributed by atoms with Crippen LogP contribution >= 0.6 is 0 Å². The molecule has 0 unspecified atom stereocenters. The van der Waals surface area contributed by atoms with Gasteiger partial charge < -0.3 is 4.89 Å². The van der Waals surface area contributed by atoms with Gasteiger partial charge in [0.2, 0.25) is 0 Å². The average Bonchev–Trinajstić information content (AvgIpc) is 2.07. The molecule has 3 nitrogen and oxygen atoms in total. The highest BCUT2D eigenvalue weighted by molar-refractivity contribution is 5.35. The van der Waals surface area contributed by atoms with Crippen molar-refractivity contribution in [3.05, 3.63) is 35.9 Å². The molecule has 0 saturated heterocycles. The summed E-state index contributed by atoms with van der Waals surface area (Å²) in [5.74, 6) is 0. The van der Waals surface area contributed by atoms with Crippen LogP contribution in [0.4, 0.5) is 0 Å². The lowest BCUT2D eigenvalue weighted by atomic mass is 10.2. The van der Waals surface area contributed by atoms with Crippen LogP contribution in [0.2, 0.25) is 0 Å². The lowest BCUT2D eigenvalue weighted by molar-refractivity contribution is -0.266. The Bertz CT molecular complexity index is 208. The van der Waals surface area contributed by atoms with E-state index in [-0.39, 0.29) is 6.47 Å². The fraction of sp³-hybridized carbons (Fsp3) is 0.125. The van der Waals surface area contributed by atoms with Crippen LogP contribution in [0.1, 0.15) is 5.56 Å². The Morgan fingerprint density at radius 1 is 1.27 bits per heavy atom. The molecule has 0 amide bonds. The fourth-order valence-corrected chi connectivity index (χ4v) is 0.704. The van der Waals surface area contributed by atoms with Crippen LogP contribution in [0.15, 0.2) is 30.3 Å². The molecule has 11 heavy (non-hydrogen) atoms. The maximum Gasteiger partial charge on any atom is 0.330 e. The number of hydrogen-bond acceptors (Lipinski definition) is 3. The number of carbonyl (C=O) groups excluding carboxylic acids is 1. The molecule has 0 saturated carbocycles. The molecule has 0 aliphatic heterocycles. The first-order valence-electron chi connectivity index (χ1n) is 3.19. The summed E-state index contributed by atoms with van der Waals surface area (Å²) in [5.41, 5.74) is 0.967. The van der Waals surface area contributed by atoms with E-state index in [9.17, 15) is 4.79 Å². The van der Waals surface area contributed by atoms with Gasteiger partial charge in [-0.3, -0.25) is 4.79 Å². The van der Waals surface area contributed by atoms with E-state index in [0.717, 1.165) is 5.56 Å². The lowest BCUT2D eigenvalue weighted by Crippen LogP contribution is -1.92. The quantitative estimate of drug-likeness (QED) is 0.282. The molecule has 0 radical (unpaired) electrons. The minimum Gasteiger partial charge on any atom is -0.301 e. The van der Waals surface area contributed by atoms with E-state index in [0.29, 0.717) is 6.61 Å². The van der Waals surface area contributed by atoms with Crippen molar-refractivity contribution in [3.8, 4) is 0 Å². The molecular formula is C8H8O3. The third kappa shape index (κ3) is 2.82. The number of rotatable bonds is 4. The lowest BCUT2D eigenvalue weighted by Gasteiger charge is -1.97. The first kappa shape index (κ1) is 7.75. The van der Waals surface area contributed by atoms with Crippen molar-refractivity contribution in [2.75, 3.05) is 0 Å². The smallest absolute Gasteiger partial charge is 0.301 e. The van der Waals surface area contributed by atoms with Crippen molar-refractivity contribution in [3.63, 3.8) is 0 Å². The summed E-state index contributed by atoms with van der Waals surface area (Å²) in [6, 6.07) is 9.45.